The lowest BCUT2D eigenvalue weighted by molar-refractivity contribution is -0.0796. The fourth-order valence-corrected chi connectivity index (χ4v) is 1.48. The van der Waals surface area contributed by atoms with Gasteiger partial charge in [-0.3, -0.25) is 0 Å². The van der Waals surface area contributed by atoms with Crippen LogP contribution in [0.2, 0.25) is 0 Å². The molecule has 82 valence electrons. The monoisotopic (exact) mass is 208 g/mol. The zero-order valence-corrected chi connectivity index (χ0v) is 8.85. The van der Waals surface area contributed by atoms with Crippen molar-refractivity contribution >= 4 is 0 Å². The maximum Gasteiger partial charge on any atom is 0.145 e. The van der Waals surface area contributed by atoms with Crippen LogP contribution in [0.1, 0.15) is 25.0 Å². The van der Waals surface area contributed by atoms with Crippen molar-refractivity contribution < 1.29 is 14.6 Å². The fraction of sp³-hybridized carbons (Fsp3) is 0.500. The predicted molar refractivity (Wildman–Crippen MR) is 56.9 cm³/mol. The Hall–Kier alpha value is -1.06. The van der Waals surface area contributed by atoms with Gasteiger partial charge in [-0.2, -0.15) is 0 Å². The number of ether oxygens (including phenoxy) is 2. The average molecular weight is 208 g/mol. The van der Waals surface area contributed by atoms with Gasteiger partial charge in [0.1, 0.15) is 11.9 Å². The highest BCUT2D eigenvalue weighted by atomic mass is 16.6. The van der Waals surface area contributed by atoms with Crippen LogP contribution < -0.4 is 4.74 Å². The van der Waals surface area contributed by atoms with Gasteiger partial charge in [0.05, 0.1) is 19.3 Å². The van der Waals surface area contributed by atoms with Crippen LogP contribution in [0.15, 0.2) is 24.3 Å². The van der Waals surface area contributed by atoms with Gasteiger partial charge in [0.25, 0.3) is 0 Å². The Bertz CT molecular complexity index is 303. The number of hydrogen-bond donors (Lipinski definition) is 1. The minimum absolute atomic E-state index is 0.201. The molecular formula is C12H16O3. The molecule has 1 aliphatic heterocycles. The van der Waals surface area contributed by atoms with Crippen LogP contribution in [0.4, 0.5) is 0 Å². The summed E-state index contributed by atoms with van der Waals surface area (Å²) in [7, 11) is 0. The highest BCUT2D eigenvalue weighted by Gasteiger charge is 2.19. The first-order valence-corrected chi connectivity index (χ1v) is 5.32. The van der Waals surface area contributed by atoms with Crippen LogP contribution in [0.3, 0.4) is 0 Å². The Kier molecular flexibility index (Phi) is 3.23. The highest BCUT2D eigenvalue weighted by Crippen LogP contribution is 2.21. The molecule has 0 aliphatic carbocycles. The Morgan fingerprint density at radius 2 is 2.07 bits per heavy atom. The summed E-state index contributed by atoms with van der Waals surface area (Å²) in [5.41, 5.74) is 0.940. The zero-order valence-electron chi connectivity index (χ0n) is 8.85. The summed E-state index contributed by atoms with van der Waals surface area (Å²) in [6.45, 7) is 3.32. The summed E-state index contributed by atoms with van der Waals surface area (Å²) >= 11 is 0. The van der Waals surface area contributed by atoms with Crippen LogP contribution in [0, 0.1) is 0 Å². The van der Waals surface area contributed by atoms with Crippen LogP contribution in [0.5, 0.6) is 5.75 Å². The normalized spacial score (nSPS) is 18.3. The van der Waals surface area contributed by atoms with Crippen molar-refractivity contribution in [2.75, 3.05) is 13.2 Å². The molecule has 1 heterocycles. The molecule has 15 heavy (non-hydrogen) atoms. The third kappa shape index (κ3) is 2.49. The molecule has 3 nitrogen and oxygen atoms in total. The van der Waals surface area contributed by atoms with Crippen LogP contribution in [-0.2, 0) is 4.74 Å². The van der Waals surface area contributed by atoms with Gasteiger partial charge < -0.3 is 14.6 Å². The zero-order chi connectivity index (χ0) is 10.7. The summed E-state index contributed by atoms with van der Waals surface area (Å²) in [5, 5.41) is 9.60. The third-order valence-electron chi connectivity index (χ3n) is 2.56. The Balaban J connectivity index is 1.96. The quantitative estimate of drug-likeness (QED) is 0.821. The van der Waals surface area contributed by atoms with Crippen molar-refractivity contribution in [3.8, 4) is 5.75 Å². The number of aliphatic hydroxyl groups excluding tert-OH is 1. The number of hydrogen-bond acceptors (Lipinski definition) is 3. The summed E-state index contributed by atoms with van der Waals surface area (Å²) in [6.07, 6.45) is 0.564. The molecule has 1 unspecified atom stereocenters. The Morgan fingerprint density at radius 1 is 1.40 bits per heavy atom. The average Bonchev–Trinajstić information content (AvgIpc) is 2.23. The van der Waals surface area contributed by atoms with Crippen molar-refractivity contribution in [3.05, 3.63) is 29.8 Å². The second-order valence-electron chi connectivity index (χ2n) is 3.77. The topological polar surface area (TPSA) is 38.7 Å². The second kappa shape index (κ2) is 4.64. The van der Waals surface area contributed by atoms with Crippen molar-refractivity contribution in [2.24, 2.45) is 0 Å². The van der Waals surface area contributed by atoms with E-state index in [9.17, 15) is 5.11 Å². The van der Waals surface area contributed by atoms with E-state index in [-0.39, 0.29) is 12.2 Å². The number of aliphatic hydroxyl groups is 1. The molecule has 1 aromatic rings. The Labute approximate surface area is 89.6 Å². The van der Waals surface area contributed by atoms with Gasteiger partial charge in [0, 0.05) is 0 Å². The molecule has 3 heteroatoms. The molecular weight excluding hydrogens is 192 g/mol. The largest absolute Gasteiger partial charge is 0.486 e. The molecule has 0 amide bonds. The van der Waals surface area contributed by atoms with E-state index in [2.05, 4.69) is 0 Å². The van der Waals surface area contributed by atoms with E-state index in [0.29, 0.717) is 13.2 Å². The maximum atomic E-state index is 9.60. The summed E-state index contributed by atoms with van der Waals surface area (Å²) in [4.78, 5) is 0. The molecule has 1 N–H and O–H groups in total. The van der Waals surface area contributed by atoms with Crippen LogP contribution >= 0.6 is 0 Å². The molecule has 1 atom stereocenters. The van der Waals surface area contributed by atoms with Crippen molar-refractivity contribution in [1.82, 2.24) is 0 Å². The van der Waals surface area contributed by atoms with Gasteiger partial charge in [-0.1, -0.05) is 19.1 Å². The first-order chi connectivity index (χ1) is 7.29. The first-order valence-electron chi connectivity index (χ1n) is 5.32. The predicted octanol–water partition coefficient (Wildman–Crippen LogP) is 1.91. The van der Waals surface area contributed by atoms with Crippen molar-refractivity contribution in [2.45, 2.75) is 25.6 Å². The molecule has 1 saturated heterocycles. The molecule has 1 fully saturated rings. The van der Waals surface area contributed by atoms with Gasteiger partial charge in [-0.25, -0.2) is 0 Å². The minimum atomic E-state index is -0.369. The lowest BCUT2D eigenvalue weighted by Crippen LogP contribution is -2.38. The summed E-state index contributed by atoms with van der Waals surface area (Å²) < 4.78 is 10.6. The molecule has 2 rings (SSSR count). The van der Waals surface area contributed by atoms with Crippen molar-refractivity contribution in [1.29, 1.82) is 0 Å². The van der Waals surface area contributed by atoms with E-state index in [1.807, 2.05) is 31.2 Å². The molecule has 0 bridgehead atoms. The van der Waals surface area contributed by atoms with E-state index in [1.54, 1.807) is 0 Å². The minimum Gasteiger partial charge on any atom is -0.486 e. The van der Waals surface area contributed by atoms with Gasteiger partial charge >= 0.3 is 0 Å². The van der Waals surface area contributed by atoms with Crippen LogP contribution in [0.25, 0.3) is 0 Å². The SMILES string of the molecule is CCC(O)c1ccc(OC2COC2)cc1. The molecule has 1 aromatic carbocycles. The van der Waals surface area contributed by atoms with E-state index in [1.165, 1.54) is 0 Å². The lowest BCUT2D eigenvalue weighted by atomic mass is 10.1. The first kappa shape index (κ1) is 10.5. The summed E-state index contributed by atoms with van der Waals surface area (Å²) in [5.74, 6) is 0.843. The van der Waals surface area contributed by atoms with Gasteiger partial charge in [-0.05, 0) is 24.1 Å². The third-order valence-corrected chi connectivity index (χ3v) is 2.56. The fourth-order valence-electron chi connectivity index (χ4n) is 1.48. The second-order valence-corrected chi connectivity index (χ2v) is 3.77. The molecule has 1 aliphatic rings. The molecule has 0 radical (unpaired) electrons. The molecule has 0 aromatic heterocycles. The molecule has 0 saturated carbocycles. The highest BCUT2D eigenvalue weighted by molar-refractivity contribution is 5.28. The van der Waals surface area contributed by atoms with E-state index in [0.717, 1.165) is 17.7 Å². The van der Waals surface area contributed by atoms with Crippen LogP contribution in [-0.4, -0.2) is 24.4 Å². The number of benzene rings is 1. The van der Waals surface area contributed by atoms with E-state index in [4.69, 9.17) is 9.47 Å². The van der Waals surface area contributed by atoms with E-state index < -0.39 is 0 Å². The standard InChI is InChI=1S/C12H16O3/c1-2-12(13)9-3-5-10(6-4-9)15-11-7-14-8-11/h3-6,11-13H,2,7-8H2,1H3. The van der Waals surface area contributed by atoms with E-state index >= 15 is 0 Å². The van der Waals surface area contributed by atoms with Gasteiger partial charge in [0.15, 0.2) is 0 Å². The van der Waals surface area contributed by atoms with Gasteiger partial charge in [0.2, 0.25) is 0 Å². The smallest absolute Gasteiger partial charge is 0.145 e. The Morgan fingerprint density at radius 3 is 2.53 bits per heavy atom. The van der Waals surface area contributed by atoms with Gasteiger partial charge in [-0.15, -0.1) is 0 Å². The maximum absolute atomic E-state index is 9.60. The lowest BCUT2D eigenvalue weighted by Gasteiger charge is -2.26. The number of rotatable bonds is 4. The summed E-state index contributed by atoms with van der Waals surface area (Å²) in [6, 6.07) is 7.60. The molecule has 0 spiro atoms. The van der Waals surface area contributed by atoms with Crippen molar-refractivity contribution in [3.63, 3.8) is 0 Å².